The third-order valence-electron chi connectivity index (χ3n) is 3.36. The van der Waals surface area contributed by atoms with Gasteiger partial charge >= 0.3 is 0 Å². The van der Waals surface area contributed by atoms with Gasteiger partial charge in [-0.2, -0.15) is 0 Å². The van der Waals surface area contributed by atoms with Gasteiger partial charge in [0.1, 0.15) is 10.7 Å². The topological polar surface area (TPSA) is 92.5 Å². The maximum absolute atomic E-state index is 13.6. The third-order valence-corrected chi connectivity index (χ3v) is 4.91. The quantitative estimate of drug-likeness (QED) is 0.782. The van der Waals surface area contributed by atoms with Crippen molar-refractivity contribution in [3.05, 3.63) is 24.0 Å². The maximum Gasteiger partial charge on any atom is 0.245 e. The molecule has 0 aromatic heterocycles. The first-order chi connectivity index (χ1) is 9.92. The van der Waals surface area contributed by atoms with Crippen LogP contribution in [0.5, 0.6) is 0 Å². The summed E-state index contributed by atoms with van der Waals surface area (Å²) in [5.41, 5.74) is 5.35. The summed E-state index contributed by atoms with van der Waals surface area (Å²) in [6.07, 6.45) is 2.00. The number of hydrogen-bond donors (Lipinski definition) is 2. The van der Waals surface area contributed by atoms with Crippen molar-refractivity contribution in [2.75, 3.05) is 25.4 Å². The molecule has 3 N–H and O–H groups in total. The number of sulfonamides is 1. The van der Waals surface area contributed by atoms with Crippen molar-refractivity contribution in [1.29, 1.82) is 0 Å². The summed E-state index contributed by atoms with van der Waals surface area (Å²) < 4.78 is 39.9. The molecule has 21 heavy (non-hydrogen) atoms. The van der Waals surface area contributed by atoms with E-state index in [0.717, 1.165) is 18.9 Å². The highest BCUT2D eigenvalue weighted by molar-refractivity contribution is 7.89. The molecule has 1 aromatic rings. The van der Waals surface area contributed by atoms with E-state index in [2.05, 4.69) is 4.72 Å². The molecule has 1 amide bonds. The number of benzene rings is 1. The highest BCUT2D eigenvalue weighted by Gasteiger charge is 2.23. The van der Waals surface area contributed by atoms with Crippen molar-refractivity contribution in [1.82, 2.24) is 9.62 Å². The number of nitrogen functional groups attached to an aromatic ring is 1. The third kappa shape index (κ3) is 3.70. The number of halogens is 1. The fraction of sp³-hybridized carbons (Fsp3) is 0.462. The molecule has 1 aliphatic rings. The molecule has 116 valence electrons. The summed E-state index contributed by atoms with van der Waals surface area (Å²) in [6, 6.07) is 3.67. The molecule has 0 bridgehead atoms. The van der Waals surface area contributed by atoms with Gasteiger partial charge in [-0.25, -0.2) is 17.5 Å². The molecule has 1 fully saturated rings. The van der Waals surface area contributed by atoms with E-state index >= 15 is 0 Å². The molecule has 1 aromatic carbocycles. The lowest BCUT2D eigenvalue weighted by atomic mass is 10.3. The normalized spacial score (nSPS) is 15.4. The number of rotatable bonds is 5. The lowest BCUT2D eigenvalue weighted by Crippen LogP contribution is -2.33. The van der Waals surface area contributed by atoms with E-state index in [1.807, 2.05) is 0 Å². The van der Waals surface area contributed by atoms with Crippen LogP contribution >= 0.6 is 0 Å². The van der Waals surface area contributed by atoms with Gasteiger partial charge in [-0.3, -0.25) is 4.79 Å². The predicted molar refractivity (Wildman–Crippen MR) is 76.4 cm³/mol. The van der Waals surface area contributed by atoms with Crippen molar-refractivity contribution < 1.29 is 17.6 Å². The van der Waals surface area contributed by atoms with Crippen molar-refractivity contribution in [3.8, 4) is 0 Å². The number of carbonyl (C=O) groups is 1. The maximum atomic E-state index is 13.6. The van der Waals surface area contributed by atoms with Gasteiger partial charge in [0, 0.05) is 26.1 Å². The van der Waals surface area contributed by atoms with Crippen LogP contribution in [0.1, 0.15) is 19.3 Å². The average Bonchev–Trinajstić information content (AvgIpc) is 2.91. The zero-order chi connectivity index (χ0) is 15.5. The number of anilines is 1. The second-order valence-electron chi connectivity index (χ2n) is 4.89. The molecule has 1 saturated heterocycles. The lowest BCUT2D eigenvalue weighted by molar-refractivity contribution is -0.129. The predicted octanol–water partition coefficient (Wildman–Crippen LogP) is 0.699. The van der Waals surface area contributed by atoms with Crippen LogP contribution in [0, 0.1) is 5.82 Å². The molecule has 1 aliphatic heterocycles. The van der Waals surface area contributed by atoms with E-state index in [0.29, 0.717) is 13.1 Å². The zero-order valence-corrected chi connectivity index (χ0v) is 12.3. The lowest BCUT2D eigenvalue weighted by Gasteiger charge is -2.15. The van der Waals surface area contributed by atoms with Gasteiger partial charge in [0.15, 0.2) is 0 Å². The Labute approximate surface area is 123 Å². The summed E-state index contributed by atoms with van der Waals surface area (Å²) >= 11 is 0. The van der Waals surface area contributed by atoms with Gasteiger partial charge in [-0.1, -0.05) is 6.07 Å². The molecule has 1 heterocycles. The summed E-state index contributed by atoms with van der Waals surface area (Å²) in [5.74, 6) is -1.01. The first-order valence-corrected chi connectivity index (χ1v) is 8.21. The molecule has 0 radical (unpaired) electrons. The Kier molecular flexibility index (Phi) is 4.79. The molecular weight excluding hydrogens is 297 g/mol. The summed E-state index contributed by atoms with van der Waals surface area (Å²) in [4.78, 5) is 12.9. The minimum atomic E-state index is -4.06. The number of carbonyl (C=O) groups excluding carboxylic acids is 1. The highest BCUT2D eigenvalue weighted by Crippen LogP contribution is 2.21. The van der Waals surface area contributed by atoms with Gasteiger partial charge in [0.05, 0.1) is 5.69 Å². The fourth-order valence-electron chi connectivity index (χ4n) is 2.30. The molecular formula is C13H18FN3O3S. The summed E-state index contributed by atoms with van der Waals surface area (Å²) in [6.45, 7) is 1.35. The van der Waals surface area contributed by atoms with Gasteiger partial charge in [-0.15, -0.1) is 0 Å². The molecule has 0 saturated carbocycles. The van der Waals surface area contributed by atoms with Gasteiger partial charge in [0.25, 0.3) is 0 Å². The van der Waals surface area contributed by atoms with Crippen molar-refractivity contribution in [2.45, 2.75) is 24.2 Å². The first-order valence-electron chi connectivity index (χ1n) is 6.73. The van der Waals surface area contributed by atoms with Gasteiger partial charge < -0.3 is 10.6 Å². The Morgan fingerprint density at radius 2 is 2.00 bits per heavy atom. The van der Waals surface area contributed by atoms with Crippen LogP contribution in [-0.2, 0) is 14.8 Å². The van der Waals surface area contributed by atoms with Crippen LogP contribution in [0.4, 0.5) is 10.1 Å². The first kappa shape index (κ1) is 15.7. The largest absolute Gasteiger partial charge is 0.398 e. The Bertz CT molecular complexity index is 607. The molecule has 8 heteroatoms. The van der Waals surface area contributed by atoms with E-state index in [4.69, 9.17) is 5.73 Å². The number of nitrogens with zero attached hydrogens (tertiary/aromatic N) is 1. The van der Waals surface area contributed by atoms with Gasteiger partial charge in [-0.05, 0) is 25.0 Å². The Morgan fingerprint density at radius 3 is 2.62 bits per heavy atom. The molecule has 0 spiro atoms. The Balaban J connectivity index is 1.97. The minimum Gasteiger partial charge on any atom is -0.398 e. The fourth-order valence-corrected chi connectivity index (χ4v) is 3.52. The van der Waals surface area contributed by atoms with Crippen LogP contribution in [0.2, 0.25) is 0 Å². The Hall–Kier alpha value is -1.67. The van der Waals surface area contributed by atoms with E-state index in [9.17, 15) is 17.6 Å². The second-order valence-corrected chi connectivity index (χ2v) is 6.60. The molecule has 6 nitrogen and oxygen atoms in total. The number of amides is 1. The van der Waals surface area contributed by atoms with E-state index in [1.54, 1.807) is 4.90 Å². The average molecular weight is 315 g/mol. The van der Waals surface area contributed by atoms with Crippen molar-refractivity contribution in [3.63, 3.8) is 0 Å². The van der Waals surface area contributed by atoms with E-state index in [1.165, 1.54) is 12.1 Å². The minimum absolute atomic E-state index is 0.0492. The molecule has 2 rings (SSSR count). The second kappa shape index (κ2) is 6.40. The smallest absolute Gasteiger partial charge is 0.245 e. The number of nitrogens with two attached hydrogens (primary N) is 1. The molecule has 0 aliphatic carbocycles. The SMILES string of the molecule is Nc1cccc(F)c1S(=O)(=O)NCCC(=O)N1CCCC1. The number of hydrogen-bond acceptors (Lipinski definition) is 4. The van der Waals surface area contributed by atoms with Crippen LogP contribution in [-0.4, -0.2) is 38.9 Å². The standard InChI is InChI=1S/C13H18FN3O3S/c14-10-4-3-5-11(15)13(10)21(19,20)16-7-6-12(18)17-8-1-2-9-17/h3-5,16H,1-2,6-9,15H2. The zero-order valence-electron chi connectivity index (χ0n) is 11.5. The van der Waals surface area contributed by atoms with E-state index < -0.39 is 20.7 Å². The van der Waals surface area contributed by atoms with Crippen LogP contribution in [0.3, 0.4) is 0 Å². The molecule has 0 unspecified atom stereocenters. The van der Waals surface area contributed by atoms with Gasteiger partial charge in [0.2, 0.25) is 15.9 Å². The van der Waals surface area contributed by atoms with Crippen molar-refractivity contribution in [2.24, 2.45) is 0 Å². The van der Waals surface area contributed by atoms with E-state index in [-0.39, 0.29) is 24.6 Å². The highest BCUT2D eigenvalue weighted by atomic mass is 32.2. The monoisotopic (exact) mass is 315 g/mol. The van der Waals surface area contributed by atoms with Crippen LogP contribution in [0.25, 0.3) is 0 Å². The van der Waals surface area contributed by atoms with Crippen molar-refractivity contribution >= 4 is 21.6 Å². The Morgan fingerprint density at radius 1 is 1.33 bits per heavy atom. The number of nitrogens with one attached hydrogen (secondary N) is 1. The summed E-state index contributed by atoms with van der Waals surface area (Å²) in [7, 11) is -4.06. The molecule has 0 atom stereocenters. The summed E-state index contributed by atoms with van der Waals surface area (Å²) in [5, 5.41) is 0. The van der Waals surface area contributed by atoms with Crippen LogP contribution in [0.15, 0.2) is 23.1 Å². The van der Waals surface area contributed by atoms with Crippen LogP contribution < -0.4 is 10.5 Å². The number of likely N-dealkylation sites (tertiary alicyclic amines) is 1.